The lowest BCUT2D eigenvalue weighted by atomic mass is 10.4. The first-order valence-electron chi connectivity index (χ1n) is 3.12. The van der Waals surface area contributed by atoms with E-state index in [-0.39, 0.29) is 4.90 Å². The minimum absolute atomic E-state index is 0.0203. The number of alkyl halides is 2. The Morgan fingerprint density at radius 2 is 1.75 bits per heavy atom. The number of rotatable bonds is 2. The van der Waals surface area contributed by atoms with Crippen molar-refractivity contribution in [2.24, 2.45) is 0 Å². The predicted molar refractivity (Wildman–Crippen MR) is 52.5 cm³/mol. The maximum Gasteiger partial charge on any atom is 0.254 e. The molecule has 0 radical (unpaired) electrons. The minimum Gasteiger partial charge on any atom is -0.220 e. The summed E-state index contributed by atoms with van der Waals surface area (Å²) in [6.45, 7) is 0. The number of hydrogen-bond acceptors (Lipinski definition) is 2. The zero-order chi connectivity index (χ0) is 9.19. The molecule has 1 atom stereocenters. The molecule has 0 amide bonds. The molecule has 0 spiro atoms. The van der Waals surface area contributed by atoms with Crippen LogP contribution < -0.4 is 0 Å². The average Bonchev–Trinajstić information content (AvgIpc) is 2.06. The van der Waals surface area contributed by atoms with E-state index < -0.39 is 13.3 Å². The van der Waals surface area contributed by atoms with Gasteiger partial charge in [-0.05, 0) is 34.7 Å². The lowest BCUT2D eigenvalue weighted by Gasteiger charge is -2.02. The van der Waals surface area contributed by atoms with E-state index in [2.05, 4.69) is 0 Å². The van der Waals surface area contributed by atoms with Gasteiger partial charge < -0.3 is 0 Å². The van der Waals surface area contributed by atoms with Gasteiger partial charge in [0.2, 0.25) is 9.84 Å². The summed E-state index contributed by atoms with van der Waals surface area (Å²) in [5.74, 6) is 0. The van der Waals surface area contributed by atoms with Gasteiger partial charge in [-0.1, -0.05) is 18.2 Å². The lowest BCUT2D eigenvalue weighted by Crippen LogP contribution is -2.09. The molecule has 5 heteroatoms. The van der Waals surface area contributed by atoms with Gasteiger partial charge in [0, 0.05) is 0 Å². The zero-order valence-electron chi connectivity index (χ0n) is 5.94. The van der Waals surface area contributed by atoms with Crippen molar-refractivity contribution in [1.29, 1.82) is 0 Å². The Labute approximate surface area is 83.8 Å². The number of benzene rings is 1. The Hall–Kier alpha value is -0.170. The van der Waals surface area contributed by atoms with Crippen molar-refractivity contribution in [3.8, 4) is 0 Å². The van der Waals surface area contributed by atoms with Crippen LogP contribution in [0.4, 0.5) is 4.39 Å². The van der Waals surface area contributed by atoms with Crippen molar-refractivity contribution in [2.45, 2.75) is 8.41 Å². The Morgan fingerprint density at radius 3 is 2.17 bits per heavy atom. The van der Waals surface area contributed by atoms with Crippen LogP contribution in [0.5, 0.6) is 0 Å². The van der Waals surface area contributed by atoms with Gasteiger partial charge in [0.15, 0.2) is 0 Å². The second kappa shape index (κ2) is 3.69. The third-order valence-corrected chi connectivity index (χ3v) is 4.71. The Bertz CT molecular complexity index is 347. The van der Waals surface area contributed by atoms with Gasteiger partial charge in [0.25, 0.3) is 3.51 Å². The predicted octanol–water partition coefficient (Wildman–Crippen LogP) is 2.15. The summed E-state index contributed by atoms with van der Waals surface area (Å²) in [4.78, 5) is 0.0203. The first-order valence-corrected chi connectivity index (χ1v) is 5.91. The highest BCUT2D eigenvalue weighted by atomic mass is 127. The molecule has 0 bridgehead atoms. The normalized spacial score (nSPS) is 14.2. The van der Waals surface area contributed by atoms with Crippen LogP contribution in [-0.4, -0.2) is 11.9 Å². The van der Waals surface area contributed by atoms with Crippen LogP contribution in [0.1, 0.15) is 0 Å². The Balaban J connectivity index is 3.17. The van der Waals surface area contributed by atoms with Crippen LogP contribution >= 0.6 is 22.6 Å². The molecule has 0 aliphatic rings. The maximum atomic E-state index is 12.6. The molecule has 0 heterocycles. The number of halogens is 2. The summed E-state index contributed by atoms with van der Waals surface area (Å²) in [7, 11) is -3.76. The zero-order valence-corrected chi connectivity index (χ0v) is 8.92. The molecule has 66 valence electrons. The lowest BCUT2D eigenvalue weighted by molar-refractivity contribution is 0.522. The van der Waals surface area contributed by atoms with Crippen molar-refractivity contribution in [2.75, 3.05) is 0 Å². The van der Waals surface area contributed by atoms with E-state index in [9.17, 15) is 12.8 Å². The summed E-state index contributed by atoms with van der Waals surface area (Å²) >= 11 is 1.23. The standard InChI is InChI=1S/C7H6FIO2S/c8-7(9)12(10,11)6-4-2-1-3-5-6/h1-5,7H. The Morgan fingerprint density at radius 1 is 1.25 bits per heavy atom. The van der Waals surface area contributed by atoms with Gasteiger partial charge in [-0.15, -0.1) is 0 Å². The fourth-order valence-electron chi connectivity index (χ4n) is 0.713. The molecule has 0 fully saturated rings. The first-order chi connectivity index (χ1) is 5.55. The Kier molecular flexibility index (Phi) is 3.05. The molecule has 0 saturated heterocycles. The van der Waals surface area contributed by atoms with Gasteiger partial charge in [0.05, 0.1) is 4.90 Å². The second-order valence-corrected chi connectivity index (χ2v) is 6.03. The molecule has 12 heavy (non-hydrogen) atoms. The van der Waals surface area contributed by atoms with Crippen LogP contribution in [0.3, 0.4) is 0 Å². The summed E-state index contributed by atoms with van der Waals surface area (Å²) in [5.41, 5.74) is 0. The third-order valence-electron chi connectivity index (χ3n) is 1.31. The summed E-state index contributed by atoms with van der Waals surface area (Å²) in [6, 6.07) is 7.55. The largest absolute Gasteiger partial charge is 0.254 e. The molecule has 0 aliphatic heterocycles. The highest BCUT2D eigenvalue weighted by Crippen LogP contribution is 2.20. The molecule has 0 N–H and O–H groups in total. The quantitative estimate of drug-likeness (QED) is 0.619. The summed E-state index contributed by atoms with van der Waals surface area (Å²) in [5, 5.41) is 0. The maximum absolute atomic E-state index is 12.6. The molecule has 1 aromatic rings. The van der Waals surface area contributed by atoms with Gasteiger partial charge in [-0.2, -0.15) is 0 Å². The molecule has 2 nitrogen and oxygen atoms in total. The topological polar surface area (TPSA) is 34.1 Å². The molecule has 1 aromatic carbocycles. The van der Waals surface area contributed by atoms with E-state index in [1.165, 1.54) is 34.7 Å². The molecule has 0 aliphatic carbocycles. The van der Waals surface area contributed by atoms with Crippen LogP contribution in [0.2, 0.25) is 0 Å². The average molecular weight is 300 g/mol. The van der Waals surface area contributed by atoms with E-state index in [1.807, 2.05) is 0 Å². The molecule has 0 saturated carbocycles. The minimum atomic E-state index is -3.76. The fraction of sp³-hybridized carbons (Fsp3) is 0.143. The van der Waals surface area contributed by atoms with Gasteiger partial charge in [-0.25, -0.2) is 12.8 Å². The van der Waals surface area contributed by atoms with E-state index in [4.69, 9.17) is 0 Å². The van der Waals surface area contributed by atoms with E-state index in [0.717, 1.165) is 0 Å². The van der Waals surface area contributed by atoms with Crippen LogP contribution in [0.15, 0.2) is 35.2 Å². The summed E-state index contributed by atoms with van der Waals surface area (Å²) in [6.07, 6.45) is 0. The fourth-order valence-corrected chi connectivity index (χ4v) is 2.34. The molecule has 0 aromatic heterocycles. The van der Waals surface area contributed by atoms with E-state index >= 15 is 0 Å². The van der Waals surface area contributed by atoms with Gasteiger partial charge in [-0.3, -0.25) is 0 Å². The van der Waals surface area contributed by atoms with Crippen molar-refractivity contribution >= 4 is 32.4 Å². The SMILES string of the molecule is O=S(=O)(c1ccccc1)C(F)I. The van der Waals surface area contributed by atoms with Crippen molar-refractivity contribution in [3.05, 3.63) is 30.3 Å². The van der Waals surface area contributed by atoms with Crippen molar-refractivity contribution < 1.29 is 12.8 Å². The van der Waals surface area contributed by atoms with Crippen LogP contribution in [0, 0.1) is 0 Å². The molecular weight excluding hydrogens is 294 g/mol. The second-order valence-electron chi connectivity index (χ2n) is 2.12. The monoisotopic (exact) mass is 300 g/mol. The smallest absolute Gasteiger partial charge is 0.220 e. The van der Waals surface area contributed by atoms with Gasteiger partial charge in [0.1, 0.15) is 0 Å². The molecule has 1 unspecified atom stereocenters. The third kappa shape index (κ3) is 1.95. The van der Waals surface area contributed by atoms with Crippen molar-refractivity contribution in [1.82, 2.24) is 0 Å². The first kappa shape index (κ1) is 9.91. The van der Waals surface area contributed by atoms with Crippen molar-refractivity contribution in [3.63, 3.8) is 0 Å². The summed E-state index contributed by atoms with van der Waals surface area (Å²) < 4.78 is 33.0. The molecular formula is C7H6FIO2S. The molecule has 1 rings (SSSR count). The van der Waals surface area contributed by atoms with Gasteiger partial charge >= 0.3 is 0 Å². The van der Waals surface area contributed by atoms with E-state index in [1.54, 1.807) is 18.2 Å². The number of sulfone groups is 1. The highest BCUT2D eigenvalue weighted by molar-refractivity contribution is 14.1. The number of hydrogen-bond donors (Lipinski definition) is 0. The van der Waals surface area contributed by atoms with E-state index in [0.29, 0.717) is 0 Å². The highest BCUT2D eigenvalue weighted by Gasteiger charge is 2.23. The van der Waals surface area contributed by atoms with Crippen LogP contribution in [0.25, 0.3) is 0 Å². The van der Waals surface area contributed by atoms with Crippen LogP contribution in [-0.2, 0) is 9.84 Å².